The number of benzene rings is 3. The number of halogens is 2. The zero-order chi connectivity index (χ0) is 30.1. The highest BCUT2D eigenvalue weighted by atomic mass is 32.2. The number of aromatic amines is 1. The number of carbonyl (C=O) groups excluding carboxylic acids is 1. The SMILES string of the molecule is CN1CCN(c2ccc(C(=O)Nc3n[nH]c4ccc(S(=O)(=O)c5cc(F)cc(F)c5)cc34)c(NCc3ccco3)c2)CC1. The van der Waals surface area contributed by atoms with E-state index in [1.54, 1.807) is 18.4 Å². The lowest BCUT2D eigenvalue weighted by atomic mass is 10.1. The highest BCUT2D eigenvalue weighted by Crippen LogP contribution is 2.30. The summed E-state index contributed by atoms with van der Waals surface area (Å²) in [5, 5.41) is 13.3. The molecule has 3 N–H and O–H groups in total. The summed E-state index contributed by atoms with van der Waals surface area (Å²) in [6, 6.07) is 15.4. The largest absolute Gasteiger partial charge is 0.467 e. The minimum atomic E-state index is -4.27. The molecule has 1 amide bonds. The van der Waals surface area contributed by atoms with Crippen molar-refractivity contribution in [2.45, 2.75) is 16.3 Å². The number of carbonyl (C=O) groups is 1. The number of piperazine rings is 1. The lowest BCUT2D eigenvalue weighted by Gasteiger charge is -2.34. The van der Waals surface area contributed by atoms with Crippen LogP contribution in [0.5, 0.6) is 0 Å². The lowest BCUT2D eigenvalue weighted by Crippen LogP contribution is -2.44. The number of aromatic nitrogens is 2. The topological polar surface area (TPSA) is 124 Å². The molecule has 0 bridgehead atoms. The number of likely N-dealkylation sites (N-methyl/N-ethyl adjacent to an activating group) is 1. The van der Waals surface area contributed by atoms with Gasteiger partial charge < -0.3 is 24.9 Å². The normalized spacial score (nSPS) is 14.3. The Balaban J connectivity index is 1.30. The van der Waals surface area contributed by atoms with Crippen LogP contribution in [-0.4, -0.2) is 62.6 Å². The second-order valence-electron chi connectivity index (χ2n) is 10.3. The average Bonchev–Trinajstić information content (AvgIpc) is 3.66. The number of furan rings is 1. The van der Waals surface area contributed by atoms with Crippen LogP contribution >= 0.6 is 0 Å². The molecule has 0 aliphatic carbocycles. The molecular weight excluding hydrogens is 578 g/mol. The fraction of sp³-hybridized carbons (Fsp3) is 0.200. The fourth-order valence-electron chi connectivity index (χ4n) is 4.98. The van der Waals surface area contributed by atoms with E-state index < -0.39 is 32.3 Å². The predicted octanol–water partition coefficient (Wildman–Crippen LogP) is 4.88. The van der Waals surface area contributed by atoms with Gasteiger partial charge in [-0.1, -0.05) is 0 Å². The minimum Gasteiger partial charge on any atom is -0.467 e. The molecule has 3 aromatic carbocycles. The quantitative estimate of drug-likeness (QED) is 0.228. The Morgan fingerprint density at radius 2 is 1.74 bits per heavy atom. The fourth-order valence-corrected chi connectivity index (χ4v) is 6.31. The summed E-state index contributed by atoms with van der Waals surface area (Å²) < 4.78 is 59.4. The van der Waals surface area contributed by atoms with Gasteiger partial charge in [-0.15, -0.1) is 0 Å². The molecule has 1 saturated heterocycles. The third kappa shape index (κ3) is 5.94. The molecule has 5 aromatic rings. The number of fused-ring (bicyclic) bond motifs is 1. The Morgan fingerprint density at radius 1 is 0.977 bits per heavy atom. The summed E-state index contributed by atoms with van der Waals surface area (Å²) in [5.41, 5.74) is 2.36. The van der Waals surface area contributed by atoms with Gasteiger partial charge in [-0.3, -0.25) is 9.89 Å². The summed E-state index contributed by atoms with van der Waals surface area (Å²) in [6.07, 6.45) is 1.58. The van der Waals surface area contributed by atoms with Crippen molar-refractivity contribution in [2.24, 2.45) is 0 Å². The molecule has 0 unspecified atom stereocenters. The Bertz CT molecular complexity index is 1880. The van der Waals surface area contributed by atoms with Gasteiger partial charge in [0.25, 0.3) is 5.91 Å². The number of hydrogen-bond acceptors (Lipinski definition) is 8. The number of hydrogen-bond donors (Lipinski definition) is 3. The van der Waals surface area contributed by atoms with E-state index in [2.05, 4.69) is 37.7 Å². The van der Waals surface area contributed by atoms with E-state index in [0.717, 1.165) is 44.0 Å². The van der Waals surface area contributed by atoms with E-state index in [1.165, 1.54) is 18.2 Å². The van der Waals surface area contributed by atoms with Crippen molar-refractivity contribution >= 4 is 43.8 Å². The molecule has 43 heavy (non-hydrogen) atoms. The lowest BCUT2D eigenvalue weighted by molar-refractivity contribution is 0.102. The highest BCUT2D eigenvalue weighted by Gasteiger charge is 2.23. The number of anilines is 3. The first-order valence-electron chi connectivity index (χ1n) is 13.5. The summed E-state index contributed by atoms with van der Waals surface area (Å²) in [5.74, 6) is -1.69. The van der Waals surface area contributed by atoms with Gasteiger partial charge in [0.05, 0.1) is 33.7 Å². The van der Waals surface area contributed by atoms with Crippen molar-refractivity contribution in [1.29, 1.82) is 0 Å². The third-order valence-corrected chi connectivity index (χ3v) is 9.10. The second-order valence-corrected chi connectivity index (χ2v) is 12.2. The van der Waals surface area contributed by atoms with E-state index in [4.69, 9.17) is 4.42 Å². The van der Waals surface area contributed by atoms with Crippen LogP contribution in [0.15, 0.2) is 87.2 Å². The molecule has 0 saturated carbocycles. The first-order chi connectivity index (χ1) is 20.7. The molecule has 3 heterocycles. The van der Waals surface area contributed by atoms with Crippen molar-refractivity contribution in [3.8, 4) is 0 Å². The maximum absolute atomic E-state index is 13.8. The van der Waals surface area contributed by atoms with Crippen LogP contribution in [0.3, 0.4) is 0 Å². The van der Waals surface area contributed by atoms with E-state index >= 15 is 0 Å². The summed E-state index contributed by atoms with van der Waals surface area (Å²) >= 11 is 0. The Labute approximate surface area is 246 Å². The van der Waals surface area contributed by atoms with Crippen LogP contribution in [0.4, 0.5) is 26.0 Å². The number of sulfone groups is 1. The zero-order valence-corrected chi connectivity index (χ0v) is 23.9. The zero-order valence-electron chi connectivity index (χ0n) is 23.1. The van der Waals surface area contributed by atoms with E-state index in [1.807, 2.05) is 18.2 Å². The van der Waals surface area contributed by atoms with Crippen LogP contribution in [0.1, 0.15) is 16.1 Å². The average molecular weight is 607 g/mol. The van der Waals surface area contributed by atoms with Crippen molar-refractivity contribution in [1.82, 2.24) is 15.1 Å². The van der Waals surface area contributed by atoms with E-state index in [0.29, 0.717) is 40.5 Å². The molecule has 10 nitrogen and oxygen atoms in total. The summed E-state index contributed by atoms with van der Waals surface area (Å²) in [6.45, 7) is 3.91. The molecule has 0 spiro atoms. The van der Waals surface area contributed by atoms with Gasteiger partial charge in [0.2, 0.25) is 9.84 Å². The van der Waals surface area contributed by atoms with Gasteiger partial charge in [-0.25, -0.2) is 17.2 Å². The van der Waals surface area contributed by atoms with Crippen LogP contribution < -0.4 is 15.5 Å². The van der Waals surface area contributed by atoms with Gasteiger partial charge in [0.1, 0.15) is 17.4 Å². The molecule has 0 radical (unpaired) electrons. The van der Waals surface area contributed by atoms with Crippen molar-refractivity contribution in [3.63, 3.8) is 0 Å². The predicted molar refractivity (Wildman–Crippen MR) is 158 cm³/mol. The minimum absolute atomic E-state index is 0.0996. The van der Waals surface area contributed by atoms with Crippen LogP contribution in [0.25, 0.3) is 10.9 Å². The van der Waals surface area contributed by atoms with Crippen molar-refractivity contribution in [3.05, 3.63) is 96.0 Å². The Kier molecular flexibility index (Phi) is 7.59. The number of nitrogens with zero attached hydrogens (tertiary/aromatic N) is 3. The van der Waals surface area contributed by atoms with E-state index in [9.17, 15) is 22.0 Å². The van der Waals surface area contributed by atoms with Gasteiger partial charge >= 0.3 is 0 Å². The molecule has 2 aromatic heterocycles. The monoisotopic (exact) mass is 606 g/mol. The highest BCUT2D eigenvalue weighted by molar-refractivity contribution is 7.91. The van der Waals surface area contributed by atoms with E-state index in [-0.39, 0.29) is 10.7 Å². The van der Waals surface area contributed by atoms with Gasteiger partial charge in [-0.05, 0) is 67.7 Å². The number of H-pyrrole nitrogens is 1. The molecule has 13 heteroatoms. The smallest absolute Gasteiger partial charge is 0.258 e. The van der Waals surface area contributed by atoms with Gasteiger partial charge in [0, 0.05) is 49.0 Å². The molecule has 222 valence electrons. The maximum atomic E-state index is 13.8. The number of amides is 1. The second kappa shape index (κ2) is 11.5. The Morgan fingerprint density at radius 3 is 2.47 bits per heavy atom. The third-order valence-electron chi connectivity index (χ3n) is 7.37. The number of rotatable bonds is 8. The summed E-state index contributed by atoms with van der Waals surface area (Å²) in [7, 11) is -2.18. The molecule has 1 fully saturated rings. The Hall–Kier alpha value is -4.75. The molecule has 6 rings (SSSR count). The first kappa shape index (κ1) is 28.4. The van der Waals surface area contributed by atoms with Crippen molar-refractivity contribution < 1.29 is 26.4 Å². The maximum Gasteiger partial charge on any atom is 0.258 e. The molecule has 0 atom stereocenters. The van der Waals surface area contributed by atoms with Crippen LogP contribution in [-0.2, 0) is 16.4 Å². The molecule has 1 aliphatic rings. The van der Waals surface area contributed by atoms with Crippen LogP contribution in [0.2, 0.25) is 0 Å². The molecule has 1 aliphatic heterocycles. The number of nitrogens with one attached hydrogen (secondary N) is 3. The van der Waals surface area contributed by atoms with Gasteiger partial charge in [0.15, 0.2) is 5.82 Å². The van der Waals surface area contributed by atoms with Crippen LogP contribution in [0, 0.1) is 11.6 Å². The molecular formula is C30H28F2N6O4S. The summed E-state index contributed by atoms with van der Waals surface area (Å²) in [4.78, 5) is 17.4. The van der Waals surface area contributed by atoms with Gasteiger partial charge in [-0.2, -0.15) is 5.10 Å². The van der Waals surface area contributed by atoms with Crippen molar-refractivity contribution in [2.75, 3.05) is 48.8 Å². The standard InChI is InChI=1S/C30H28F2N6O4S/c1-37-8-10-38(11-9-37)21-4-6-25(28(16-21)33-18-22-3-2-12-42-22)30(39)34-29-26-17-23(5-7-27(26)35-36-29)43(40,41)24-14-19(31)13-20(32)15-24/h2-7,12-17,33H,8-11,18H2,1H3,(H2,34,35,36,39). The first-order valence-corrected chi connectivity index (χ1v) is 15.0.